The lowest BCUT2D eigenvalue weighted by atomic mass is 9.94. The Hall–Kier alpha value is -4.66. The maximum atomic E-state index is 13.5. The summed E-state index contributed by atoms with van der Waals surface area (Å²) < 4.78 is 15.1. The van der Waals surface area contributed by atoms with Gasteiger partial charge in [0.1, 0.15) is 11.5 Å². The van der Waals surface area contributed by atoms with Gasteiger partial charge < -0.3 is 15.2 Å². The predicted molar refractivity (Wildman–Crippen MR) is 129 cm³/mol. The van der Waals surface area contributed by atoms with Gasteiger partial charge in [-0.2, -0.15) is 0 Å². The van der Waals surface area contributed by atoms with Crippen molar-refractivity contribution in [3.8, 4) is 11.1 Å². The molecule has 0 aliphatic rings. The van der Waals surface area contributed by atoms with Gasteiger partial charge in [0, 0.05) is 18.3 Å². The van der Waals surface area contributed by atoms with E-state index in [1.807, 2.05) is 24.3 Å². The Morgan fingerprint density at radius 3 is 2.31 bits per heavy atom. The number of amides is 1. The summed E-state index contributed by atoms with van der Waals surface area (Å²) in [5.74, 6) is -5.68. The Bertz CT molecular complexity index is 1550. The summed E-state index contributed by atoms with van der Waals surface area (Å²) in [6, 6.07) is 13.5. The molecule has 0 atom stereocenters. The molecule has 36 heavy (non-hydrogen) atoms. The van der Waals surface area contributed by atoms with Crippen LogP contribution in [0.15, 0.2) is 54.7 Å². The molecule has 0 unspecified atom stereocenters. The molecule has 0 aliphatic heterocycles. The molecular weight excluding hydrogens is 465 g/mol. The first kappa shape index (κ1) is 24.5. The SMILES string of the molecule is CCc1c(C(=O)C(N)=O)c2c(C(=O)C(=O)O)nc(C)cn2c1Cc1ccccc1-c1ccc(F)cc1. The Morgan fingerprint density at radius 2 is 1.69 bits per heavy atom. The average molecular weight is 487 g/mol. The topological polar surface area (TPSA) is 132 Å². The van der Waals surface area contributed by atoms with Crippen LogP contribution < -0.4 is 5.73 Å². The van der Waals surface area contributed by atoms with Gasteiger partial charge in [-0.15, -0.1) is 0 Å². The zero-order valence-corrected chi connectivity index (χ0v) is 19.5. The van der Waals surface area contributed by atoms with Crippen LogP contribution in [0.3, 0.4) is 0 Å². The van der Waals surface area contributed by atoms with E-state index < -0.39 is 29.1 Å². The summed E-state index contributed by atoms with van der Waals surface area (Å²) in [6.07, 6.45) is 2.14. The Labute approximate surface area is 205 Å². The van der Waals surface area contributed by atoms with Crippen LogP contribution in [0.25, 0.3) is 16.6 Å². The quantitative estimate of drug-likeness (QED) is 0.289. The fourth-order valence-corrected chi connectivity index (χ4v) is 4.47. The Kier molecular flexibility index (Phi) is 6.48. The van der Waals surface area contributed by atoms with Crippen molar-refractivity contribution in [2.24, 2.45) is 5.73 Å². The number of benzene rings is 2. The highest BCUT2D eigenvalue weighted by atomic mass is 19.1. The third-order valence-corrected chi connectivity index (χ3v) is 5.99. The number of carboxylic acids is 1. The van der Waals surface area contributed by atoms with Crippen molar-refractivity contribution in [1.82, 2.24) is 9.38 Å². The van der Waals surface area contributed by atoms with Crippen molar-refractivity contribution in [2.75, 3.05) is 0 Å². The second-order valence-electron chi connectivity index (χ2n) is 8.27. The number of Topliss-reactive ketones (excluding diaryl/α,β-unsaturated/α-hetero) is 2. The summed E-state index contributed by atoms with van der Waals surface area (Å²) in [4.78, 5) is 53.1. The van der Waals surface area contributed by atoms with E-state index >= 15 is 0 Å². The highest BCUT2D eigenvalue weighted by Gasteiger charge is 2.31. The van der Waals surface area contributed by atoms with Crippen LogP contribution in [-0.2, 0) is 22.4 Å². The molecule has 0 fully saturated rings. The lowest BCUT2D eigenvalue weighted by molar-refractivity contribution is -0.131. The predicted octanol–water partition coefficient (Wildman–Crippen LogP) is 3.54. The lowest BCUT2D eigenvalue weighted by Gasteiger charge is -2.12. The molecular formula is C27H22FN3O5. The normalized spacial score (nSPS) is 11.0. The molecule has 1 amide bonds. The van der Waals surface area contributed by atoms with Crippen LogP contribution in [0.1, 0.15) is 50.3 Å². The number of aliphatic carboxylic acids is 1. The number of aromatic nitrogens is 2. The molecule has 0 radical (unpaired) electrons. The zero-order valence-electron chi connectivity index (χ0n) is 19.5. The third-order valence-electron chi connectivity index (χ3n) is 5.99. The maximum absolute atomic E-state index is 13.5. The average Bonchev–Trinajstić information content (AvgIpc) is 3.16. The van der Waals surface area contributed by atoms with Crippen molar-refractivity contribution >= 4 is 29.0 Å². The number of carboxylic acid groups (broad SMARTS) is 1. The number of nitrogens with zero attached hydrogens (tertiary/aromatic N) is 2. The van der Waals surface area contributed by atoms with Gasteiger partial charge in [0.05, 0.1) is 16.8 Å². The molecule has 0 saturated heterocycles. The molecule has 0 saturated carbocycles. The van der Waals surface area contributed by atoms with Gasteiger partial charge in [-0.25, -0.2) is 14.2 Å². The fraction of sp³-hybridized carbons (Fsp3) is 0.148. The molecule has 2 heterocycles. The number of rotatable bonds is 8. The summed E-state index contributed by atoms with van der Waals surface area (Å²) >= 11 is 0. The van der Waals surface area contributed by atoms with Crippen LogP contribution in [0.2, 0.25) is 0 Å². The summed E-state index contributed by atoms with van der Waals surface area (Å²) in [5, 5.41) is 9.37. The van der Waals surface area contributed by atoms with Crippen molar-refractivity contribution in [1.29, 1.82) is 0 Å². The van der Waals surface area contributed by atoms with Crippen molar-refractivity contribution in [3.05, 3.63) is 94.3 Å². The number of carbonyl (C=O) groups excluding carboxylic acids is 3. The van der Waals surface area contributed by atoms with Crippen LogP contribution >= 0.6 is 0 Å². The van der Waals surface area contributed by atoms with Gasteiger partial charge in [0.2, 0.25) is 0 Å². The molecule has 4 aromatic rings. The summed E-state index contributed by atoms with van der Waals surface area (Å²) in [7, 11) is 0. The number of halogens is 1. The highest BCUT2D eigenvalue weighted by Crippen LogP contribution is 2.32. The molecule has 3 N–H and O–H groups in total. The largest absolute Gasteiger partial charge is 0.475 e. The number of hydrogen-bond donors (Lipinski definition) is 2. The van der Waals surface area contributed by atoms with E-state index in [4.69, 9.17) is 5.73 Å². The Morgan fingerprint density at radius 1 is 1.03 bits per heavy atom. The van der Waals surface area contributed by atoms with E-state index in [1.54, 1.807) is 36.6 Å². The summed E-state index contributed by atoms with van der Waals surface area (Å²) in [6.45, 7) is 3.37. The first-order valence-electron chi connectivity index (χ1n) is 11.1. The zero-order chi connectivity index (χ0) is 26.1. The first-order valence-corrected chi connectivity index (χ1v) is 11.1. The minimum absolute atomic E-state index is 0.0667. The Balaban J connectivity index is 2.04. The molecule has 0 aliphatic carbocycles. The minimum Gasteiger partial charge on any atom is -0.475 e. The number of ketones is 2. The van der Waals surface area contributed by atoms with E-state index in [2.05, 4.69) is 4.98 Å². The molecule has 182 valence electrons. The number of nitrogens with two attached hydrogens (primary N) is 1. The molecule has 8 nitrogen and oxygen atoms in total. The molecule has 2 aromatic carbocycles. The highest BCUT2D eigenvalue weighted by molar-refractivity contribution is 6.46. The molecule has 2 aromatic heterocycles. The molecule has 4 rings (SSSR count). The maximum Gasteiger partial charge on any atom is 0.379 e. The number of carbonyl (C=O) groups is 4. The summed E-state index contributed by atoms with van der Waals surface area (Å²) in [5.41, 5.74) is 8.50. The minimum atomic E-state index is -1.74. The van der Waals surface area contributed by atoms with Gasteiger partial charge in [0.25, 0.3) is 17.5 Å². The van der Waals surface area contributed by atoms with Crippen LogP contribution in [0.5, 0.6) is 0 Å². The third kappa shape index (κ3) is 4.26. The smallest absolute Gasteiger partial charge is 0.379 e. The second kappa shape index (κ2) is 9.53. The van der Waals surface area contributed by atoms with Gasteiger partial charge in [-0.1, -0.05) is 43.3 Å². The fourth-order valence-electron chi connectivity index (χ4n) is 4.47. The standard InChI is InChI=1S/C27H22FN3O5/c1-3-18-20(12-16-6-4-5-7-19(16)15-8-10-17(28)11-9-15)31-13-14(2)30-22(25(33)27(35)36)23(31)21(18)24(32)26(29)34/h4-11,13H,3,12H2,1-2H3,(H2,29,34)(H,35,36). The van der Waals surface area contributed by atoms with Gasteiger partial charge in [0.15, 0.2) is 0 Å². The van der Waals surface area contributed by atoms with E-state index in [0.29, 0.717) is 23.4 Å². The van der Waals surface area contributed by atoms with Crippen LogP contribution in [0, 0.1) is 12.7 Å². The van der Waals surface area contributed by atoms with Crippen molar-refractivity contribution in [2.45, 2.75) is 26.7 Å². The molecule has 0 bridgehead atoms. The van der Waals surface area contributed by atoms with E-state index in [-0.39, 0.29) is 23.3 Å². The number of primary amides is 1. The number of hydrogen-bond acceptors (Lipinski definition) is 5. The lowest BCUT2D eigenvalue weighted by Crippen LogP contribution is -2.25. The van der Waals surface area contributed by atoms with E-state index in [1.165, 1.54) is 12.1 Å². The number of aryl methyl sites for hydroxylation is 1. The van der Waals surface area contributed by atoms with Crippen LogP contribution in [0.4, 0.5) is 4.39 Å². The van der Waals surface area contributed by atoms with E-state index in [0.717, 1.165) is 16.7 Å². The molecule has 9 heteroatoms. The monoisotopic (exact) mass is 487 g/mol. The van der Waals surface area contributed by atoms with Crippen LogP contribution in [-0.4, -0.2) is 37.9 Å². The van der Waals surface area contributed by atoms with Crippen molar-refractivity contribution in [3.63, 3.8) is 0 Å². The first-order chi connectivity index (χ1) is 17.1. The number of fused-ring (bicyclic) bond motifs is 1. The van der Waals surface area contributed by atoms with Gasteiger partial charge in [-0.3, -0.25) is 14.4 Å². The van der Waals surface area contributed by atoms with Gasteiger partial charge >= 0.3 is 5.97 Å². The van der Waals surface area contributed by atoms with Gasteiger partial charge in [-0.05, 0) is 47.7 Å². The second-order valence-corrected chi connectivity index (χ2v) is 8.27. The van der Waals surface area contributed by atoms with E-state index in [9.17, 15) is 28.7 Å². The molecule has 0 spiro atoms. The van der Waals surface area contributed by atoms with Crippen molar-refractivity contribution < 1.29 is 28.7 Å².